The number of hydrogen-bond donors (Lipinski definition) is 1. The molecule has 1 atom stereocenters. The first-order valence-corrected chi connectivity index (χ1v) is 9.28. The first-order valence-electron chi connectivity index (χ1n) is 8.09. The molecule has 1 N–H and O–H groups in total. The van der Waals surface area contributed by atoms with Gasteiger partial charge in [-0.05, 0) is 44.4 Å². The molecule has 24 heavy (non-hydrogen) atoms. The molecular weight excluding hydrogens is 338 g/mol. The van der Waals surface area contributed by atoms with Crippen LogP contribution in [0.1, 0.15) is 48.1 Å². The summed E-state index contributed by atoms with van der Waals surface area (Å²) in [6.45, 7) is 8.48. The molecule has 0 aliphatic carbocycles. The molecule has 0 saturated carbocycles. The highest BCUT2D eigenvalue weighted by molar-refractivity contribution is 7.14. The molecule has 2 rings (SSSR count). The van der Waals surface area contributed by atoms with Crippen LogP contribution in [0.3, 0.4) is 0 Å². The van der Waals surface area contributed by atoms with Crippen LogP contribution >= 0.6 is 22.9 Å². The minimum Gasteiger partial charge on any atom is -0.501 e. The van der Waals surface area contributed by atoms with Gasteiger partial charge in [0, 0.05) is 26.6 Å². The molecule has 1 aromatic carbocycles. The Morgan fingerprint density at radius 1 is 1.29 bits per heavy atom. The molecule has 0 radical (unpaired) electrons. The van der Waals surface area contributed by atoms with Gasteiger partial charge in [-0.15, -0.1) is 11.3 Å². The molecule has 1 unspecified atom stereocenters. The summed E-state index contributed by atoms with van der Waals surface area (Å²) in [7, 11) is 1.71. The van der Waals surface area contributed by atoms with Crippen molar-refractivity contribution in [1.82, 2.24) is 0 Å². The molecule has 1 aromatic heterocycles. The standard InChI is InChI=1S/C20H24ClNOS/c1-6-12(2)18(14(4)23-5)17-11-13(3)24-20(17)19(22)15-7-9-16(21)10-8-15/h7-12,22H,6H2,1-5H3. The van der Waals surface area contributed by atoms with E-state index in [4.69, 9.17) is 21.7 Å². The first-order chi connectivity index (χ1) is 11.4. The van der Waals surface area contributed by atoms with Gasteiger partial charge in [0.25, 0.3) is 0 Å². The van der Waals surface area contributed by atoms with Crippen molar-refractivity contribution in [2.24, 2.45) is 5.92 Å². The van der Waals surface area contributed by atoms with Crippen LogP contribution < -0.4 is 0 Å². The molecule has 2 nitrogen and oxygen atoms in total. The van der Waals surface area contributed by atoms with E-state index >= 15 is 0 Å². The maximum Gasteiger partial charge on any atom is 0.0965 e. The van der Waals surface area contributed by atoms with Gasteiger partial charge in [0.15, 0.2) is 0 Å². The predicted octanol–water partition coefficient (Wildman–Crippen LogP) is 6.55. The summed E-state index contributed by atoms with van der Waals surface area (Å²) in [5.41, 5.74) is 3.72. The topological polar surface area (TPSA) is 33.1 Å². The van der Waals surface area contributed by atoms with Gasteiger partial charge in [0.1, 0.15) is 0 Å². The molecule has 4 heteroatoms. The van der Waals surface area contributed by atoms with Gasteiger partial charge in [-0.2, -0.15) is 0 Å². The van der Waals surface area contributed by atoms with Crippen molar-refractivity contribution < 1.29 is 4.74 Å². The summed E-state index contributed by atoms with van der Waals surface area (Å²) in [6.07, 6.45) is 1.03. The molecule has 0 amide bonds. The Labute approximate surface area is 153 Å². The van der Waals surface area contributed by atoms with E-state index in [0.717, 1.165) is 28.2 Å². The Morgan fingerprint density at radius 3 is 2.46 bits per heavy atom. The zero-order valence-electron chi connectivity index (χ0n) is 14.9. The lowest BCUT2D eigenvalue weighted by atomic mass is 9.89. The fraction of sp³-hybridized carbons (Fsp3) is 0.350. The van der Waals surface area contributed by atoms with Crippen LogP contribution in [-0.2, 0) is 4.74 Å². The average molecular weight is 362 g/mol. The molecule has 0 aliphatic rings. The summed E-state index contributed by atoms with van der Waals surface area (Å²) < 4.78 is 5.55. The third-order valence-electron chi connectivity index (χ3n) is 4.30. The molecule has 1 heterocycles. The fourth-order valence-corrected chi connectivity index (χ4v) is 3.89. The fourth-order valence-electron chi connectivity index (χ4n) is 2.76. The van der Waals surface area contributed by atoms with Crippen LogP contribution in [0.5, 0.6) is 0 Å². The monoisotopic (exact) mass is 361 g/mol. The van der Waals surface area contributed by atoms with Gasteiger partial charge in [-0.3, -0.25) is 5.41 Å². The Balaban J connectivity index is 2.57. The second-order valence-electron chi connectivity index (χ2n) is 5.97. The lowest BCUT2D eigenvalue weighted by Gasteiger charge is -2.18. The predicted molar refractivity (Wildman–Crippen MR) is 105 cm³/mol. The third kappa shape index (κ3) is 3.90. The number of halogens is 1. The van der Waals surface area contributed by atoms with Crippen molar-refractivity contribution in [2.45, 2.75) is 34.1 Å². The number of aryl methyl sites for hydroxylation is 1. The van der Waals surface area contributed by atoms with Gasteiger partial charge in [0.05, 0.1) is 23.5 Å². The quantitative estimate of drug-likeness (QED) is 0.459. The van der Waals surface area contributed by atoms with Gasteiger partial charge in [0.2, 0.25) is 0 Å². The Morgan fingerprint density at radius 2 is 1.92 bits per heavy atom. The second kappa shape index (κ2) is 8.00. The van der Waals surface area contributed by atoms with Crippen LogP contribution in [0.15, 0.2) is 36.1 Å². The van der Waals surface area contributed by atoms with E-state index in [1.165, 1.54) is 10.5 Å². The maximum atomic E-state index is 8.69. The molecule has 0 fully saturated rings. The van der Waals surface area contributed by atoms with Gasteiger partial charge in [-0.1, -0.05) is 37.6 Å². The number of benzene rings is 1. The van der Waals surface area contributed by atoms with E-state index in [1.807, 2.05) is 31.2 Å². The van der Waals surface area contributed by atoms with Crippen molar-refractivity contribution in [2.75, 3.05) is 7.11 Å². The number of allylic oxidation sites excluding steroid dienone is 2. The smallest absolute Gasteiger partial charge is 0.0965 e. The van der Waals surface area contributed by atoms with Gasteiger partial charge in [-0.25, -0.2) is 0 Å². The highest BCUT2D eigenvalue weighted by atomic mass is 35.5. The van der Waals surface area contributed by atoms with Crippen molar-refractivity contribution in [3.63, 3.8) is 0 Å². The summed E-state index contributed by atoms with van der Waals surface area (Å²) in [5, 5.41) is 9.37. The number of ether oxygens (including phenoxy) is 1. The molecule has 0 spiro atoms. The zero-order chi connectivity index (χ0) is 17.9. The number of rotatable bonds is 6. The molecule has 2 aromatic rings. The average Bonchev–Trinajstić information content (AvgIpc) is 2.95. The molecule has 128 valence electrons. The highest BCUT2D eigenvalue weighted by Crippen LogP contribution is 2.37. The second-order valence-corrected chi connectivity index (χ2v) is 7.66. The van der Waals surface area contributed by atoms with E-state index in [0.29, 0.717) is 16.7 Å². The van der Waals surface area contributed by atoms with Crippen LogP contribution in [0, 0.1) is 18.3 Å². The van der Waals surface area contributed by atoms with Crippen molar-refractivity contribution in [3.05, 3.63) is 62.0 Å². The Hall–Kier alpha value is -1.58. The summed E-state index contributed by atoms with van der Waals surface area (Å²) in [6, 6.07) is 9.64. The van der Waals surface area contributed by atoms with Crippen molar-refractivity contribution in [1.29, 1.82) is 5.41 Å². The van der Waals surface area contributed by atoms with Crippen LogP contribution in [0.4, 0.5) is 0 Å². The van der Waals surface area contributed by atoms with E-state index in [1.54, 1.807) is 18.4 Å². The number of hydrogen-bond acceptors (Lipinski definition) is 3. The van der Waals surface area contributed by atoms with E-state index in [-0.39, 0.29) is 0 Å². The lowest BCUT2D eigenvalue weighted by Crippen LogP contribution is -2.07. The van der Waals surface area contributed by atoms with E-state index in [2.05, 4.69) is 26.8 Å². The molecule has 0 aliphatic heterocycles. The largest absolute Gasteiger partial charge is 0.501 e. The van der Waals surface area contributed by atoms with E-state index in [9.17, 15) is 0 Å². The van der Waals surface area contributed by atoms with E-state index < -0.39 is 0 Å². The Kier molecular flexibility index (Phi) is 6.25. The van der Waals surface area contributed by atoms with Gasteiger partial charge < -0.3 is 4.74 Å². The minimum atomic E-state index is 0.371. The van der Waals surface area contributed by atoms with Crippen molar-refractivity contribution in [3.8, 4) is 0 Å². The maximum absolute atomic E-state index is 8.69. The van der Waals surface area contributed by atoms with Gasteiger partial charge >= 0.3 is 0 Å². The third-order valence-corrected chi connectivity index (χ3v) is 5.62. The molecule has 0 bridgehead atoms. The summed E-state index contributed by atoms with van der Waals surface area (Å²) >= 11 is 7.64. The van der Waals surface area contributed by atoms with Crippen LogP contribution in [-0.4, -0.2) is 12.8 Å². The summed E-state index contributed by atoms with van der Waals surface area (Å²) in [5.74, 6) is 1.29. The van der Waals surface area contributed by atoms with Crippen LogP contribution in [0.25, 0.3) is 5.57 Å². The van der Waals surface area contributed by atoms with Crippen molar-refractivity contribution >= 4 is 34.2 Å². The first kappa shape index (κ1) is 18.8. The molecule has 0 saturated heterocycles. The lowest BCUT2D eigenvalue weighted by molar-refractivity contribution is 0.293. The van der Waals surface area contributed by atoms with Crippen LogP contribution in [0.2, 0.25) is 5.02 Å². The Bertz CT molecular complexity index is 758. The SMILES string of the molecule is CCC(C)C(=C(C)OC)c1cc(C)sc1C(=N)c1ccc(Cl)cc1. The summed E-state index contributed by atoms with van der Waals surface area (Å²) in [4.78, 5) is 2.19. The minimum absolute atomic E-state index is 0.371. The molecular formula is C20H24ClNOS. The normalized spacial score (nSPS) is 13.4. The number of thiophene rings is 1. The number of nitrogens with one attached hydrogen (secondary N) is 1. The number of methoxy groups -OCH3 is 1. The zero-order valence-corrected chi connectivity index (χ0v) is 16.4. The highest BCUT2D eigenvalue weighted by Gasteiger charge is 2.22.